The maximum atomic E-state index is 6.28. The Morgan fingerprint density at radius 3 is 1.63 bits per heavy atom. The van der Waals surface area contributed by atoms with E-state index in [-0.39, 0.29) is 0 Å². The largest absolute Gasteiger partial charge is 0.455 e. The highest BCUT2D eigenvalue weighted by molar-refractivity contribution is 9.10. The van der Waals surface area contributed by atoms with E-state index in [1.165, 1.54) is 0 Å². The van der Waals surface area contributed by atoms with Crippen molar-refractivity contribution in [2.24, 2.45) is 0 Å². The lowest BCUT2D eigenvalue weighted by atomic mass is 10.0. The van der Waals surface area contributed by atoms with Gasteiger partial charge in [-0.3, -0.25) is 0 Å². The van der Waals surface area contributed by atoms with Gasteiger partial charge in [-0.1, -0.05) is 119 Å². The smallest absolute Gasteiger partial charge is 0.164 e. The fourth-order valence-corrected chi connectivity index (χ4v) is 5.10. The molecule has 0 saturated heterocycles. The minimum atomic E-state index is 0.635. The molecule has 0 amide bonds. The molecule has 7 rings (SSSR count). The first kappa shape index (κ1) is 22.6. The van der Waals surface area contributed by atoms with E-state index in [0.29, 0.717) is 17.5 Å². The number of fused-ring (bicyclic) bond motifs is 3. The summed E-state index contributed by atoms with van der Waals surface area (Å²) in [7, 11) is 0. The quantitative estimate of drug-likeness (QED) is 0.218. The number of aromatic nitrogens is 3. The van der Waals surface area contributed by atoms with Gasteiger partial charge in [-0.15, -0.1) is 0 Å². The summed E-state index contributed by atoms with van der Waals surface area (Å²) in [6.45, 7) is 0. The molecule has 180 valence electrons. The first-order valence-corrected chi connectivity index (χ1v) is 13.1. The van der Waals surface area contributed by atoms with E-state index >= 15 is 0 Å². The average molecular weight is 554 g/mol. The van der Waals surface area contributed by atoms with Crippen molar-refractivity contribution in [1.29, 1.82) is 0 Å². The molecule has 0 bridgehead atoms. The molecule has 0 N–H and O–H groups in total. The van der Waals surface area contributed by atoms with Gasteiger partial charge in [-0.25, -0.2) is 15.0 Å². The second kappa shape index (κ2) is 9.36. The molecule has 0 radical (unpaired) electrons. The molecule has 2 heterocycles. The van der Waals surface area contributed by atoms with Crippen LogP contribution in [0.15, 0.2) is 130 Å². The van der Waals surface area contributed by atoms with Crippen LogP contribution in [0.4, 0.5) is 0 Å². The number of hydrogen-bond donors (Lipinski definition) is 0. The van der Waals surface area contributed by atoms with Crippen LogP contribution in [0.3, 0.4) is 0 Å². The van der Waals surface area contributed by atoms with Crippen molar-refractivity contribution < 1.29 is 4.42 Å². The Labute approximate surface area is 227 Å². The number of hydrogen-bond acceptors (Lipinski definition) is 4. The molecule has 38 heavy (non-hydrogen) atoms. The van der Waals surface area contributed by atoms with Gasteiger partial charge in [0.25, 0.3) is 0 Å². The van der Waals surface area contributed by atoms with Crippen molar-refractivity contribution in [2.75, 3.05) is 0 Å². The average Bonchev–Trinajstić information content (AvgIpc) is 3.36. The Hall–Kier alpha value is -4.61. The van der Waals surface area contributed by atoms with Gasteiger partial charge in [0, 0.05) is 37.5 Å². The van der Waals surface area contributed by atoms with E-state index in [1.807, 2.05) is 72.8 Å². The standard InChI is InChI=1S/C33H20BrN3O/c34-25-18-19-29-28(20-25)27-13-7-12-26(30(27)38-29)21-14-16-24(17-15-21)33-36-31(22-8-3-1-4-9-22)35-32(37-33)23-10-5-2-6-11-23/h1-20H. The minimum Gasteiger partial charge on any atom is -0.455 e. The minimum absolute atomic E-state index is 0.635. The summed E-state index contributed by atoms with van der Waals surface area (Å²) in [4.78, 5) is 14.5. The van der Waals surface area contributed by atoms with Crippen LogP contribution in [0.2, 0.25) is 0 Å². The van der Waals surface area contributed by atoms with Gasteiger partial charge in [0.05, 0.1) is 0 Å². The van der Waals surface area contributed by atoms with Crippen molar-refractivity contribution in [3.63, 3.8) is 0 Å². The maximum absolute atomic E-state index is 6.28. The fraction of sp³-hybridized carbons (Fsp3) is 0. The second-order valence-electron chi connectivity index (χ2n) is 9.04. The fourth-order valence-electron chi connectivity index (χ4n) is 4.73. The summed E-state index contributed by atoms with van der Waals surface area (Å²) in [6.07, 6.45) is 0. The SMILES string of the molecule is Brc1ccc2oc3c(-c4ccc(-c5nc(-c6ccccc6)nc(-c6ccccc6)n5)cc4)cccc3c2c1. The van der Waals surface area contributed by atoms with E-state index in [1.54, 1.807) is 0 Å². The van der Waals surface area contributed by atoms with Crippen LogP contribution < -0.4 is 0 Å². The second-order valence-corrected chi connectivity index (χ2v) is 9.96. The highest BCUT2D eigenvalue weighted by atomic mass is 79.9. The number of para-hydroxylation sites is 1. The normalized spacial score (nSPS) is 11.3. The number of rotatable bonds is 4. The van der Waals surface area contributed by atoms with Gasteiger partial charge in [0.1, 0.15) is 11.2 Å². The lowest BCUT2D eigenvalue weighted by Crippen LogP contribution is -2.00. The Morgan fingerprint density at radius 2 is 1.03 bits per heavy atom. The predicted octanol–water partition coefficient (Wildman–Crippen LogP) is 9.20. The molecule has 0 aliphatic carbocycles. The summed E-state index contributed by atoms with van der Waals surface area (Å²) >= 11 is 3.58. The topological polar surface area (TPSA) is 51.8 Å². The Morgan fingerprint density at radius 1 is 0.474 bits per heavy atom. The molecule has 2 aromatic heterocycles. The van der Waals surface area contributed by atoms with Crippen molar-refractivity contribution in [3.05, 3.63) is 126 Å². The van der Waals surface area contributed by atoms with Crippen molar-refractivity contribution in [1.82, 2.24) is 15.0 Å². The van der Waals surface area contributed by atoms with Gasteiger partial charge in [0.15, 0.2) is 17.5 Å². The monoisotopic (exact) mass is 553 g/mol. The zero-order chi connectivity index (χ0) is 25.5. The molecule has 0 aliphatic rings. The Balaban J connectivity index is 1.33. The maximum Gasteiger partial charge on any atom is 0.164 e. The molecule has 5 aromatic carbocycles. The Kier molecular flexibility index (Phi) is 5.56. The Bertz CT molecular complexity index is 1860. The zero-order valence-corrected chi connectivity index (χ0v) is 21.8. The van der Waals surface area contributed by atoms with Gasteiger partial charge in [-0.05, 0) is 23.8 Å². The summed E-state index contributed by atoms with van der Waals surface area (Å²) in [6, 6.07) is 40.7. The number of halogens is 1. The molecule has 0 spiro atoms. The first-order chi connectivity index (χ1) is 18.7. The van der Waals surface area contributed by atoms with Gasteiger partial charge < -0.3 is 4.42 Å². The first-order valence-electron chi connectivity index (χ1n) is 12.3. The third-order valence-electron chi connectivity index (χ3n) is 6.61. The van der Waals surface area contributed by atoms with E-state index in [4.69, 9.17) is 19.4 Å². The molecule has 0 atom stereocenters. The molecule has 4 nitrogen and oxygen atoms in total. The molecule has 0 fully saturated rings. The highest BCUT2D eigenvalue weighted by Gasteiger charge is 2.15. The summed E-state index contributed by atoms with van der Waals surface area (Å²) in [5, 5.41) is 2.19. The predicted molar refractivity (Wildman–Crippen MR) is 157 cm³/mol. The highest BCUT2D eigenvalue weighted by Crippen LogP contribution is 2.37. The van der Waals surface area contributed by atoms with Crippen LogP contribution in [-0.2, 0) is 0 Å². The van der Waals surface area contributed by atoms with Gasteiger partial charge in [0.2, 0.25) is 0 Å². The van der Waals surface area contributed by atoms with Gasteiger partial charge >= 0.3 is 0 Å². The van der Waals surface area contributed by atoms with Crippen LogP contribution in [0, 0.1) is 0 Å². The molecular weight excluding hydrogens is 534 g/mol. The van der Waals surface area contributed by atoms with Crippen LogP contribution in [-0.4, -0.2) is 15.0 Å². The van der Waals surface area contributed by atoms with Crippen LogP contribution in [0.5, 0.6) is 0 Å². The lowest BCUT2D eigenvalue weighted by Gasteiger charge is -2.09. The van der Waals surface area contributed by atoms with E-state index in [9.17, 15) is 0 Å². The third-order valence-corrected chi connectivity index (χ3v) is 7.11. The van der Waals surface area contributed by atoms with E-state index < -0.39 is 0 Å². The van der Waals surface area contributed by atoms with Crippen LogP contribution in [0.1, 0.15) is 0 Å². The lowest BCUT2D eigenvalue weighted by molar-refractivity contribution is 0.670. The van der Waals surface area contributed by atoms with Crippen molar-refractivity contribution in [2.45, 2.75) is 0 Å². The number of furan rings is 1. The molecule has 5 heteroatoms. The summed E-state index contributed by atoms with van der Waals surface area (Å²) in [5.41, 5.74) is 6.70. The van der Waals surface area contributed by atoms with Gasteiger partial charge in [-0.2, -0.15) is 0 Å². The van der Waals surface area contributed by atoms with Crippen molar-refractivity contribution >= 4 is 37.9 Å². The van der Waals surface area contributed by atoms with E-state index in [2.05, 4.69) is 64.5 Å². The summed E-state index contributed by atoms with van der Waals surface area (Å²) < 4.78 is 7.32. The number of nitrogens with zero attached hydrogens (tertiary/aromatic N) is 3. The third kappa shape index (κ3) is 4.07. The molecule has 0 aliphatic heterocycles. The molecule has 7 aromatic rings. The molecular formula is C33H20BrN3O. The summed E-state index contributed by atoms with van der Waals surface area (Å²) in [5.74, 6) is 1.93. The van der Waals surface area contributed by atoms with E-state index in [0.717, 1.165) is 54.2 Å². The van der Waals surface area contributed by atoms with Crippen molar-refractivity contribution in [3.8, 4) is 45.3 Å². The zero-order valence-electron chi connectivity index (χ0n) is 20.2. The molecule has 0 unspecified atom stereocenters. The van der Waals surface area contributed by atoms with Crippen LogP contribution >= 0.6 is 15.9 Å². The number of benzene rings is 5. The molecule has 0 saturated carbocycles. The van der Waals surface area contributed by atoms with Crippen LogP contribution in [0.25, 0.3) is 67.2 Å².